The first-order valence-corrected chi connectivity index (χ1v) is 6.50. The summed E-state index contributed by atoms with van der Waals surface area (Å²) in [5.41, 5.74) is 5.00. The second-order valence-electron chi connectivity index (χ2n) is 4.48. The largest absolute Gasteiger partial charge is 0.468 e. The summed E-state index contributed by atoms with van der Waals surface area (Å²) < 4.78 is 4.64. The number of nitrogens with two attached hydrogens (primary N) is 1. The fraction of sp³-hybridized carbons (Fsp3) is 0.909. The van der Waals surface area contributed by atoms with Gasteiger partial charge in [-0.2, -0.15) is 11.8 Å². The van der Waals surface area contributed by atoms with Crippen molar-refractivity contribution in [1.29, 1.82) is 0 Å². The molecule has 2 N–H and O–H groups in total. The SMILES string of the molecule is COC(=O)C(C)(N)CCCSCC(C)C. The second kappa shape index (κ2) is 7.12. The van der Waals surface area contributed by atoms with Crippen molar-refractivity contribution in [1.82, 2.24) is 0 Å². The van der Waals surface area contributed by atoms with Crippen LogP contribution in [0.25, 0.3) is 0 Å². The number of thioether (sulfide) groups is 1. The zero-order chi connectivity index (χ0) is 11.9. The highest BCUT2D eigenvalue weighted by molar-refractivity contribution is 7.99. The van der Waals surface area contributed by atoms with Gasteiger partial charge in [-0.15, -0.1) is 0 Å². The lowest BCUT2D eigenvalue weighted by Crippen LogP contribution is -2.45. The molecule has 0 saturated carbocycles. The number of rotatable bonds is 7. The fourth-order valence-corrected chi connectivity index (χ4v) is 2.18. The summed E-state index contributed by atoms with van der Waals surface area (Å²) in [7, 11) is 1.38. The number of methoxy groups -OCH3 is 1. The van der Waals surface area contributed by atoms with Crippen LogP contribution in [0.15, 0.2) is 0 Å². The predicted octanol–water partition coefficient (Wildman–Crippen LogP) is 2.05. The molecule has 0 heterocycles. The molecule has 0 radical (unpaired) electrons. The molecule has 1 atom stereocenters. The molecule has 0 spiro atoms. The van der Waals surface area contributed by atoms with Gasteiger partial charge in [0.25, 0.3) is 0 Å². The molecule has 0 aliphatic rings. The van der Waals surface area contributed by atoms with E-state index in [4.69, 9.17) is 5.73 Å². The summed E-state index contributed by atoms with van der Waals surface area (Å²) in [6.07, 6.45) is 1.64. The van der Waals surface area contributed by atoms with Gasteiger partial charge in [-0.1, -0.05) is 13.8 Å². The molecule has 1 unspecified atom stereocenters. The highest BCUT2D eigenvalue weighted by Crippen LogP contribution is 2.15. The van der Waals surface area contributed by atoms with E-state index in [1.54, 1.807) is 6.92 Å². The smallest absolute Gasteiger partial charge is 0.325 e. The van der Waals surface area contributed by atoms with Crippen LogP contribution in [-0.2, 0) is 9.53 Å². The van der Waals surface area contributed by atoms with Crippen molar-refractivity contribution in [3.63, 3.8) is 0 Å². The average molecular weight is 233 g/mol. The average Bonchev–Trinajstić information content (AvgIpc) is 2.15. The molecule has 0 aromatic heterocycles. The third-order valence-corrected chi connectivity index (χ3v) is 3.57. The molecule has 0 amide bonds. The number of ether oxygens (including phenoxy) is 1. The topological polar surface area (TPSA) is 52.3 Å². The Morgan fingerprint density at radius 2 is 2.13 bits per heavy atom. The van der Waals surface area contributed by atoms with E-state index in [1.807, 2.05) is 11.8 Å². The van der Waals surface area contributed by atoms with Gasteiger partial charge in [0.2, 0.25) is 0 Å². The van der Waals surface area contributed by atoms with Crippen molar-refractivity contribution in [2.75, 3.05) is 18.6 Å². The zero-order valence-corrected chi connectivity index (χ0v) is 11.0. The highest BCUT2D eigenvalue weighted by Gasteiger charge is 2.28. The van der Waals surface area contributed by atoms with E-state index in [0.717, 1.165) is 18.1 Å². The third-order valence-electron chi connectivity index (χ3n) is 2.09. The van der Waals surface area contributed by atoms with Crippen molar-refractivity contribution in [2.24, 2.45) is 11.7 Å². The molecule has 0 aromatic rings. The van der Waals surface area contributed by atoms with Crippen LogP contribution in [0.3, 0.4) is 0 Å². The number of hydrogen-bond acceptors (Lipinski definition) is 4. The lowest BCUT2D eigenvalue weighted by atomic mass is 9.98. The lowest BCUT2D eigenvalue weighted by molar-refractivity contribution is -0.146. The number of carbonyl (C=O) groups is 1. The van der Waals surface area contributed by atoms with Gasteiger partial charge in [0.15, 0.2) is 0 Å². The minimum absolute atomic E-state index is 0.323. The summed E-state index contributed by atoms with van der Waals surface area (Å²) in [5.74, 6) is 2.62. The van der Waals surface area contributed by atoms with Crippen LogP contribution in [0, 0.1) is 5.92 Å². The van der Waals surface area contributed by atoms with Crippen LogP contribution in [-0.4, -0.2) is 30.1 Å². The van der Waals surface area contributed by atoms with Crippen LogP contribution >= 0.6 is 11.8 Å². The summed E-state index contributed by atoms with van der Waals surface area (Å²) >= 11 is 1.91. The van der Waals surface area contributed by atoms with E-state index in [0.29, 0.717) is 6.42 Å². The van der Waals surface area contributed by atoms with Gasteiger partial charge in [0, 0.05) is 0 Å². The Kier molecular flexibility index (Phi) is 7.02. The Bertz CT molecular complexity index is 193. The molecule has 4 heteroatoms. The van der Waals surface area contributed by atoms with E-state index in [1.165, 1.54) is 12.9 Å². The first-order valence-electron chi connectivity index (χ1n) is 5.35. The maximum absolute atomic E-state index is 11.3. The molecule has 0 aliphatic carbocycles. The van der Waals surface area contributed by atoms with Crippen LogP contribution in [0.2, 0.25) is 0 Å². The first kappa shape index (κ1) is 14.8. The maximum Gasteiger partial charge on any atom is 0.325 e. The monoisotopic (exact) mass is 233 g/mol. The van der Waals surface area contributed by atoms with Crippen LogP contribution in [0.4, 0.5) is 0 Å². The molecule has 15 heavy (non-hydrogen) atoms. The standard InChI is InChI=1S/C11H23NO2S/c1-9(2)8-15-7-5-6-11(3,12)10(13)14-4/h9H,5-8,12H2,1-4H3. The predicted molar refractivity (Wildman–Crippen MR) is 66.0 cm³/mol. The van der Waals surface area contributed by atoms with Crippen molar-refractivity contribution in [2.45, 2.75) is 39.2 Å². The van der Waals surface area contributed by atoms with Crippen LogP contribution in [0.5, 0.6) is 0 Å². The van der Waals surface area contributed by atoms with Gasteiger partial charge in [-0.05, 0) is 37.2 Å². The highest BCUT2D eigenvalue weighted by atomic mass is 32.2. The van der Waals surface area contributed by atoms with Crippen molar-refractivity contribution in [3.8, 4) is 0 Å². The van der Waals surface area contributed by atoms with E-state index in [-0.39, 0.29) is 5.97 Å². The van der Waals surface area contributed by atoms with Gasteiger partial charge in [-0.3, -0.25) is 4.79 Å². The molecular weight excluding hydrogens is 210 g/mol. The summed E-state index contributed by atoms with van der Waals surface area (Å²) in [6.45, 7) is 6.13. The summed E-state index contributed by atoms with van der Waals surface area (Å²) in [4.78, 5) is 11.3. The third kappa shape index (κ3) is 6.79. The number of esters is 1. The normalized spacial score (nSPS) is 15.1. The Morgan fingerprint density at radius 3 is 2.60 bits per heavy atom. The van der Waals surface area contributed by atoms with E-state index in [2.05, 4.69) is 18.6 Å². The van der Waals surface area contributed by atoms with Gasteiger partial charge in [0.05, 0.1) is 7.11 Å². The molecule has 0 aromatic carbocycles. The van der Waals surface area contributed by atoms with Crippen molar-refractivity contribution < 1.29 is 9.53 Å². The summed E-state index contributed by atoms with van der Waals surface area (Å²) in [6, 6.07) is 0. The maximum atomic E-state index is 11.3. The zero-order valence-electron chi connectivity index (χ0n) is 10.2. The van der Waals surface area contributed by atoms with Crippen molar-refractivity contribution in [3.05, 3.63) is 0 Å². The minimum Gasteiger partial charge on any atom is -0.468 e. The quantitative estimate of drug-likeness (QED) is 0.540. The molecular formula is C11H23NO2S. The fourth-order valence-electron chi connectivity index (χ4n) is 1.20. The van der Waals surface area contributed by atoms with Crippen molar-refractivity contribution >= 4 is 17.7 Å². The molecule has 0 rings (SSSR count). The second-order valence-corrected chi connectivity index (χ2v) is 5.63. The van der Waals surface area contributed by atoms with Crippen LogP contribution < -0.4 is 5.73 Å². The molecule has 0 saturated heterocycles. The molecule has 0 bridgehead atoms. The van der Waals surface area contributed by atoms with Gasteiger partial charge in [0.1, 0.15) is 5.54 Å². The first-order chi connectivity index (χ1) is 6.90. The Balaban J connectivity index is 3.62. The van der Waals surface area contributed by atoms with E-state index in [9.17, 15) is 4.79 Å². The van der Waals surface area contributed by atoms with Gasteiger partial charge < -0.3 is 10.5 Å². The van der Waals surface area contributed by atoms with E-state index >= 15 is 0 Å². The number of carbonyl (C=O) groups excluding carboxylic acids is 1. The molecule has 90 valence electrons. The Labute approximate surface area is 97.1 Å². The van der Waals surface area contributed by atoms with E-state index < -0.39 is 5.54 Å². The Morgan fingerprint density at radius 1 is 1.53 bits per heavy atom. The summed E-state index contributed by atoms with van der Waals surface area (Å²) in [5, 5.41) is 0. The van der Waals surface area contributed by atoms with Gasteiger partial charge in [-0.25, -0.2) is 0 Å². The molecule has 0 fully saturated rings. The number of hydrogen-bond donors (Lipinski definition) is 1. The van der Waals surface area contributed by atoms with Crippen LogP contribution in [0.1, 0.15) is 33.6 Å². The Hall–Kier alpha value is -0.220. The van der Waals surface area contributed by atoms with Gasteiger partial charge >= 0.3 is 5.97 Å². The lowest BCUT2D eigenvalue weighted by Gasteiger charge is -2.21. The molecule has 0 aliphatic heterocycles. The molecule has 3 nitrogen and oxygen atoms in total. The minimum atomic E-state index is -0.826.